The van der Waals surface area contributed by atoms with Crippen LogP contribution in [0.15, 0.2) is 0 Å². The number of nitrogens with zero attached hydrogens (tertiary/aromatic N) is 2. The van der Waals surface area contributed by atoms with Crippen molar-refractivity contribution in [1.29, 1.82) is 0 Å². The van der Waals surface area contributed by atoms with Crippen molar-refractivity contribution in [3.8, 4) is 0 Å². The van der Waals surface area contributed by atoms with Gasteiger partial charge in [0.25, 0.3) is 0 Å². The zero-order valence-electron chi connectivity index (χ0n) is 16.0. The van der Waals surface area contributed by atoms with E-state index in [-0.39, 0.29) is 64.0 Å². The van der Waals surface area contributed by atoms with Crippen molar-refractivity contribution in [3.63, 3.8) is 0 Å². The molecule has 0 bridgehead atoms. The molecule has 0 aliphatic carbocycles. The summed E-state index contributed by atoms with van der Waals surface area (Å²) in [5, 5.41) is 20.8. The van der Waals surface area contributed by atoms with Crippen molar-refractivity contribution in [3.05, 3.63) is 20.2 Å². The molecule has 0 rings (SSSR count). The van der Waals surface area contributed by atoms with Crippen LogP contribution in [-0.4, -0.2) is 48.4 Å². The van der Waals surface area contributed by atoms with Crippen LogP contribution in [0.1, 0.15) is 26.7 Å². The van der Waals surface area contributed by atoms with E-state index < -0.39 is 0 Å². The smallest absolute Gasteiger partial charge is 0.209 e. The minimum atomic E-state index is -0.306. The van der Waals surface area contributed by atoms with E-state index in [0.29, 0.717) is 13.2 Å². The average Bonchev–Trinajstić information content (AvgIpc) is 2.64. The molecule has 0 radical (unpaired) electrons. The first kappa shape index (κ1) is 31.4. The number of hydrogen-bond donors (Lipinski definition) is 0. The summed E-state index contributed by atoms with van der Waals surface area (Å²) in [6.07, 6.45) is 1.04. The molecule has 0 aliphatic rings. The van der Waals surface area contributed by atoms with Crippen LogP contribution in [0, 0.1) is 32.1 Å². The maximum absolute atomic E-state index is 10.4. The van der Waals surface area contributed by atoms with Gasteiger partial charge in [0.2, 0.25) is 13.1 Å². The van der Waals surface area contributed by atoms with Crippen LogP contribution in [0.2, 0.25) is 0 Å². The van der Waals surface area contributed by atoms with Gasteiger partial charge in [0.1, 0.15) is 0 Å². The summed E-state index contributed by atoms with van der Waals surface area (Å²) in [5.74, 6) is -0.169. The highest BCUT2D eigenvalue weighted by Gasteiger charge is 2.26. The van der Waals surface area contributed by atoms with Crippen LogP contribution >= 0.6 is 53.8 Å². The summed E-state index contributed by atoms with van der Waals surface area (Å²) < 4.78 is 20.5. The standard InChI is InChI=1S/2C6H16NO4P3/c2*1-2-5(3-7(8)9)6(4-10-12)11-14-13/h2*5-6,14H,2-4,12-13H2,1H3/t5-,6+;5-,6-/m10/s1. The van der Waals surface area contributed by atoms with E-state index in [4.69, 9.17) is 18.1 Å². The maximum Gasteiger partial charge on any atom is 0.209 e. The van der Waals surface area contributed by atoms with Crippen LogP contribution in [0.5, 0.6) is 0 Å². The number of nitro groups is 2. The van der Waals surface area contributed by atoms with Crippen LogP contribution in [-0.2, 0) is 18.1 Å². The molecule has 10 atom stereocenters. The fourth-order valence-electron chi connectivity index (χ4n) is 2.30. The minimum absolute atomic E-state index is 0.0651. The molecular formula is C12H32N2O8P6. The van der Waals surface area contributed by atoms with Gasteiger partial charge in [-0.3, -0.25) is 20.2 Å². The predicted octanol–water partition coefficient (Wildman–Crippen LogP) is 3.73. The molecule has 0 fully saturated rings. The van der Waals surface area contributed by atoms with Crippen molar-refractivity contribution in [2.45, 2.75) is 38.9 Å². The molecule has 0 saturated heterocycles. The third-order valence-electron chi connectivity index (χ3n) is 3.83. The fraction of sp³-hybridized carbons (Fsp3) is 1.00. The van der Waals surface area contributed by atoms with Gasteiger partial charge >= 0.3 is 0 Å². The second-order valence-electron chi connectivity index (χ2n) is 5.58. The van der Waals surface area contributed by atoms with Crippen molar-refractivity contribution < 1.29 is 27.9 Å². The Kier molecular flexibility index (Phi) is 24.1. The average molecular weight is 518 g/mol. The Morgan fingerprint density at radius 3 is 1.32 bits per heavy atom. The Morgan fingerprint density at radius 2 is 1.14 bits per heavy atom. The Balaban J connectivity index is 0. The molecule has 6 unspecified atom stereocenters. The molecule has 0 N–H and O–H groups in total. The Bertz CT molecular complexity index is 366. The van der Waals surface area contributed by atoms with Crippen molar-refractivity contribution in [2.24, 2.45) is 11.8 Å². The monoisotopic (exact) mass is 518 g/mol. The van der Waals surface area contributed by atoms with Gasteiger partial charge in [-0.15, -0.1) is 0 Å². The second kappa shape index (κ2) is 21.5. The van der Waals surface area contributed by atoms with E-state index >= 15 is 0 Å². The summed E-state index contributed by atoms with van der Waals surface area (Å²) in [4.78, 5) is 20.2. The van der Waals surface area contributed by atoms with Gasteiger partial charge < -0.3 is 18.1 Å². The van der Waals surface area contributed by atoms with Gasteiger partial charge in [-0.1, -0.05) is 31.7 Å². The number of rotatable bonds is 16. The molecule has 10 nitrogen and oxygen atoms in total. The molecule has 0 aliphatic heterocycles. The molecule has 28 heavy (non-hydrogen) atoms. The lowest BCUT2D eigenvalue weighted by atomic mass is 10.0. The number of hydrogen-bond acceptors (Lipinski definition) is 8. The molecule has 0 amide bonds. The van der Waals surface area contributed by atoms with Crippen LogP contribution < -0.4 is 0 Å². The van der Waals surface area contributed by atoms with Gasteiger partial charge in [0, 0.05) is 45.8 Å². The highest BCUT2D eigenvalue weighted by molar-refractivity contribution is 8.00. The summed E-state index contributed by atoms with van der Waals surface area (Å²) in [7, 11) is 9.67. The summed E-state index contributed by atoms with van der Waals surface area (Å²) in [6.45, 7) is 4.45. The zero-order valence-corrected chi connectivity index (χ0v) is 22.6. The van der Waals surface area contributed by atoms with Gasteiger partial charge in [-0.05, 0) is 12.8 Å². The fourth-order valence-corrected chi connectivity index (χ4v) is 4.60. The summed E-state index contributed by atoms with van der Waals surface area (Å²) >= 11 is 0. The maximum atomic E-state index is 10.4. The van der Waals surface area contributed by atoms with Crippen molar-refractivity contribution >= 4 is 53.8 Å². The van der Waals surface area contributed by atoms with E-state index in [2.05, 4.69) is 36.8 Å². The molecule has 0 saturated carbocycles. The summed E-state index contributed by atoms with van der Waals surface area (Å²) in [6, 6.07) is 0. The Labute approximate surface area is 179 Å². The molecule has 0 aromatic carbocycles. The van der Waals surface area contributed by atoms with Crippen LogP contribution in [0.4, 0.5) is 0 Å². The van der Waals surface area contributed by atoms with Gasteiger partial charge in [-0.25, -0.2) is 0 Å². The van der Waals surface area contributed by atoms with E-state index in [1.165, 1.54) is 0 Å². The second-order valence-corrected chi connectivity index (χ2v) is 8.61. The topological polar surface area (TPSA) is 123 Å². The Morgan fingerprint density at radius 1 is 0.821 bits per heavy atom. The van der Waals surface area contributed by atoms with Gasteiger partial charge in [0.15, 0.2) is 0 Å². The molecule has 16 heteroatoms. The predicted molar refractivity (Wildman–Crippen MR) is 128 cm³/mol. The molecular weight excluding hydrogens is 486 g/mol. The normalized spacial score (nSPS) is 15.9. The van der Waals surface area contributed by atoms with Crippen molar-refractivity contribution in [2.75, 3.05) is 26.3 Å². The molecule has 0 heterocycles. The zero-order chi connectivity index (χ0) is 21.9. The van der Waals surface area contributed by atoms with E-state index in [9.17, 15) is 20.2 Å². The first-order valence-corrected chi connectivity index (χ1v) is 14.8. The first-order valence-electron chi connectivity index (χ1n) is 8.40. The van der Waals surface area contributed by atoms with E-state index in [1.54, 1.807) is 0 Å². The quantitative estimate of drug-likeness (QED) is 0.172. The van der Waals surface area contributed by atoms with Gasteiger partial charge in [-0.2, -0.15) is 0 Å². The molecule has 168 valence electrons. The largest absolute Gasteiger partial charge is 0.363 e. The lowest BCUT2D eigenvalue weighted by Gasteiger charge is -2.21. The first-order chi connectivity index (χ1) is 13.3. The van der Waals surface area contributed by atoms with Crippen LogP contribution in [0.3, 0.4) is 0 Å². The molecule has 0 spiro atoms. The summed E-state index contributed by atoms with van der Waals surface area (Å²) in [5.41, 5.74) is 0. The lowest BCUT2D eigenvalue weighted by molar-refractivity contribution is -0.490. The van der Waals surface area contributed by atoms with Crippen molar-refractivity contribution in [1.82, 2.24) is 0 Å². The third kappa shape index (κ3) is 17.0. The molecule has 0 aromatic rings. The third-order valence-corrected chi connectivity index (χ3v) is 5.91. The Hall–Kier alpha value is 1.22. The highest BCUT2D eigenvalue weighted by atomic mass is 32.0. The van der Waals surface area contributed by atoms with E-state index in [1.807, 2.05) is 13.8 Å². The molecule has 0 aromatic heterocycles. The highest BCUT2D eigenvalue weighted by Crippen LogP contribution is 2.29. The minimum Gasteiger partial charge on any atom is -0.363 e. The lowest BCUT2D eigenvalue weighted by Crippen LogP contribution is -2.30. The SMILES string of the molecule is CC[C@@H](C[N+](=O)[O-])[C@H](COP)OPP.CC[C@H](C[N+](=O)[O-])[C@H](COP)OPP. The van der Waals surface area contributed by atoms with E-state index in [0.717, 1.165) is 12.8 Å². The van der Waals surface area contributed by atoms with Crippen LogP contribution in [0.25, 0.3) is 0 Å². The van der Waals surface area contributed by atoms with Gasteiger partial charge in [0.05, 0.1) is 37.3 Å².